The van der Waals surface area contributed by atoms with Crippen molar-refractivity contribution in [2.45, 2.75) is 65.3 Å². The smallest absolute Gasteiger partial charge is 0.334 e. The Morgan fingerprint density at radius 2 is 2.10 bits per heavy atom. The van der Waals surface area contributed by atoms with Gasteiger partial charge >= 0.3 is 17.9 Å². The Hall–Kier alpha value is -2.41. The molecule has 7 heteroatoms. The molecule has 0 aromatic carbocycles. The Labute approximate surface area is 171 Å². The monoisotopic (exact) mass is 406 g/mol. The highest BCUT2D eigenvalue weighted by atomic mass is 16.6. The molecule has 1 fully saturated rings. The van der Waals surface area contributed by atoms with Crippen LogP contribution in [-0.4, -0.2) is 47.9 Å². The summed E-state index contributed by atoms with van der Waals surface area (Å²) in [6.07, 6.45) is 2.48. The van der Waals surface area contributed by atoms with Gasteiger partial charge in [-0.1, -0.05) is 32.1 Å². The standard InChI is InChI=1S/C22H30O7/c1-6-13(3)21(25)27-11-16-9-7-8-12(2)10-17-18(14(4)22(26)29-17)19(24)20(16)28-15(5)23/h9-10,13,17-20,24H,4,6-8,11H2,1-3,5H3/b12-10+,16-9-/t13?,17-,18+,19+,20?/m1/s1. The molecule has 1 aliphatic carbocycles. The maximum Gasteiger partial charge on any atom is 0.334 e. The third-order valence-electron chi connectivity index (χ3n) is 5.39. The first-order valence-corrected chi connectivity index (χ1v) is 9.93. The molecule has 0 bridgehead atoms. The Balaban J connectivity index is 2.37. The number of aliphatic hydroxyl groups excluding tert-OH is 1. The number of rotatable bonds is 5. The van der Waals surface area contributed by atoms with Gasteiger partial charge in [-0.3, -0.25) is 9.59 Å². The van der Waals surface area contributed by atoms with Crippen molar-refractivity contribution in [3.05, 3.63) is 35.5 Å². The minimum atomic E-state index is -1.28. The summed E-state index contributed by atoms with van der Waals surface area (Å²) in [7, 11) is 0. The van der Waals surface area contributed by atoms with Crippen molar-refractivity contribution in [3.8, 4) is 0 Å². The van der Waals surface area contributed by atoms with Gasteiger partial charge < -0.3 is 19.3 Å². The molecule has 2 rings (SSSR count). The van der Waals surface area contributed by atoms with Crippen LogP contribution in [0.3, 0.4) is 0 Å². The van der Waals surface area contributed by atoms with Crippen LogP contribution in [0.5, 0.6) is 0 Å². The summed E-state index contributed by atoms with van der Waals surface area (Å²) in [5.74, 6) is -2.57. The molecule has 0 aromatic rings. The first kappa shape index (κ1) is 22.9. The van der Waals surface area contributed by atoms with Crippen molar-refractivity contribution >= 4 is 17.9 Å². The summed E-state index contributed by atoms with van der Waals surface area (Å²) in [4.78, 5) is 35.9. The topological polar surface area (TPSA) is 99.1 Å². The quantitative estimate of drug-likeness (QED) is 0.324. The molecule has 2 aliphatic rings. The molecule has 0 aromatic heterocycles. The van der Waals surface area contributed by atoms with E-state index in [1.165, 1.54) is 6.92 Å². The van der Waals surface area contributed by atoms with Gasteiger partial charge in [-0.25, -0.2) is 4.79 Å². The van der Waals surface area contributed by atoms with E-state index in [2.05, 4.69) is 6.58 Å². The highest BCUT2D eigenvalue weighted by Gasteiger charge is 2.46. The molecule has 5 atom stereocenters. The fraction of sp³-hybridized carbons (Fsp3) is 0.591. The Bertz CT molecular complexity index is 733. The average Bonchev–Trinajstić information content (AvgIpc) is 2.93. The highest BCUT2D eigenvalue weighted by Crippen LogP contribution is 2.35. The molecule has 7 nitrogen and oxygen atoms in total. The predicted octanol–water partition coefficient (Wildman–Crippen LogP) is 2.63. The van der Waals surface area contributed by atoms with Crippen molar-refractivity contribution in [2.24, 2.45) is 11.8 Å². The molecule has 0 spiro atoms. The zero-order valence-corrected chi connectivity index (χ0v) is 17.5. The van der Waals surface area contributed by atoms with Crippen molar-refractivity contribution in [1.82, 2.24) is 0 Å². The van der Waals surface area contributed by atoms with Gasteiger partial charge in [-0.2, -0.15) is 0 Å². The number of allylic oxidation sites excluding steroid dienone is 2. The Kier molecular flexibility index (Phi) is 7.79. The van der Waals surface area contributed by atoms with E-state index >= 15 is 0 Å². The van der Waals surface area contributed by atoms with Crippen molar-refractivity contribution in [3.63, 3.8) is 0 Å². The molecule has 0 radical (unpaired) electrons. The zero-order valence-electron chi connectivity index (χ0n) is 17.5. The fourth-order valence-electron chi connectivity index (χ4n) is 3.45. The molecular formula is C22H30O7. The predicted molar refractivity (Wildman–Crippen MR) is 106 cm³/mol. The molecule has 160 valence electrons. The molecule has 1 heterocycles. The van der Waals surface area contributed by atoms with Crippen molar-refractivity contribution in [1.29, 1.82) is 0 Å². The summed E-state index contributed by atoms with van der Waals surface area (Å²) in [6.45, 7) is 10.5. The number of esters is 3. The van der Waals surface area contributed by atoms with E-state index in [-0.39, 0.29) is 24.1 Å². The van der Waals surface area contributed by atoms with Crippen LogP contribution in [0.25, 0.3) is 0 Å². The van der Waals surface area contributed by atoms with Crippen molar-refractivity contribution in [2.75, 3.05) is 6.61 Å². The highest BCUT2D eigenvalue weighted by molar-refractivity contribution is 5.91. The fourth-order valence-corrected chi connectivity index (χ4v) is 3.45. The van der Waals surface area contributed by atoms with E-state index in [0.717, 1.165) is 5.57 Å². The zero-order chi connectivity index (χ0) is 21.7. The lowest BCUT2D eigenvalue weighted by atomic mass is 9.84. The van der Waals surface area contributed by atoms with Crippen LogP contribution in [-0.2, 0) is 28.6 Å². The van der Waals surface area contributed by atoms with E-state index in [4.69, 9.17) is 14.2 Å². The lowest BCUT2D eigenvalue weighted by molar-refractivity contribution is -0.154. The SMILES string of the molecule is C=C1C(=O)O[C@@H]2/C=C(\C)CC/C=C(/COC(=O)C(C)CC)C(OC(C)=O)[C@@H](O)[C@@H]12. The number of hydrogen-bond acceptors (Lipinski definition) is 7. The minimum absolute atomic E-state index is 0.111. The first-order chi connectivity index (χ1) is 13.6. The molecule has 29 heavy (non-hydrogen) atoms. The molecule has 1 saturated heterocycles. The lowest BCUT2D eigenvalue weighted by Gasteiger charge is -2.31. The summed E-state index contributed by atoms with van der Waals surface area (Å²) in [5, 5.41) is 11.1. The summed E-state index contributed by atoms with van der Waals surface area (Å²) >= 11 is 0. The van der Waals surface area contributed by atoms with E-state index in [0.29, 0.717) is 24.8 Å². The van der Waals surface area contributed by atoms with Gasteiger partial charge in [0.25, 0.3) is 0 Å². The van der Waals surface area contributed by atoms with E-state index in [1.54, 1.807) is 13.0 Å². The summed E-state index contributed by atoms with van der Waals surface area (Å²) in [5.41, 5.74) is 1.60. The van der Waals surface area contributed by atoms with Crippen LogP contribution >= 0.6 is 0 Å². The maximum absolute atomic E-state index is 12.1. The number of aliphatic hydroxyl groups is 1. The van der Waals surface area contributed by atoms with Crippen LogP contribution in [0.15, 0.2) is 35.5 Å². The number of fused-ring (bicyclic) bond motifs is 1. The molecule has 1 aliphatic heterocycles. The van der Waals surface area contributed by atoms with Gasteiger partial charge in [-0.05, 0) is 32.3 Å². The second-order valence-corrected chi connectivity index (χ2v) is 7.69. The molecule has 2 unspecified atom stereocenters. The van der Waals surface area contributed by atoms with Crippen LogP contribution in [0, 0.1) is 11.8 Å². The summed E-state index contributed by atoms with van der Waals surface area (Å²) < 4.78 is 16.2. The number of carbonyl (C=O) groups excluding carboxylic acids is 3. The van der Waals surface area contributed by atoms with Gasteiger partial charge in [0.15, 0.2) is 6.10 Å². The third-order valence-corrected chi connectivity index (χ3v) is 5.39. The molecular weight excluding hydrogens is 376 g/mol. The lowest BCUT2D eigenvalue weighted by Crippen LogP contribution is -2.42. The number of ether oxygens (including phenoxy) is 3. The van der Waals surface area contributed by atoms with E-state index in [9.17, 15) is 19.5 Å². The largest absolute Gasteiger partial charge is 0.461 e. The van der Waals surface area contributed by atoms with Crippen LogP contribution in [0.2, 0.25) is 0 Å². The molecule has 0 amide bonds. The first-order valence-electron chi connectivity index (χ1n) is 9.93. The number of carbonyl (C=O) groups is 3. The Morgan fingerprint density at radius 1 is 1.41 bits per heavy atom. The van der Waals surface area contributed by atoms with Crippen LogP contribution < -0.4 is 0 Å². The van der Waals surface area contributed by atoms with Crippen LogP contribution in [0.1, 0.15) is 47.0 Å². The minimum Gasteiger partial charge on any atom is -0.461 e. The van der Waals surface area contributed by atoms with Gasteiger partial charge in [-0.15, -0.1) is 0 Å². The third kappa shape index (κ3) is 5.56. The average molecular weight is 406 g/mol. The normalized spacial score (nSPS) is 32.0. The van der Waals surface area contributed by atoms with E-state index < -0.39 is 36.2 Å². The van der Waals surface area contributed by atoms with Gasteiger partial charge in [0.05, 0.1) is 11.8 Å². The number of hydrogen-bond donors (Lipinski definition) is 1. The second-order valence-electron chi connectivity index (χ2n) is 7.69. The van der Waals surface area contributed by atoms with Crippen LogP contribution in [0.4, 0.5) is 0 Å². The van der Waals surface area contributed by atoms with Gasteiger partial charge in [0.2, 0.25) is 0 Å². The maximum atomic E-state index is 12.1. The second kappa shape index (κ2) is 9.87. The Morgan fingerprint density at radius 3 is 2.72 bits per heavy atom. The molecule has 1 N–H and O–H groups in total. The van der Waals surface area contributed by atoms with Crippen molar-refractivity contribution < 1.29 is 33.7 Å². The van der Waals surface area contributed by atoms with Gasteiger partial charge in [0.1, 0.15) is 18.8 Å². The summed E-state index contributed by atoms with van der Waals surface area (Å²) in [6, 6.07) is 0. The molecule has 0 saturated carbocycles. The van der Waals surface area contributed by atoms with E-state index in [1.807, 2.05) is 19.9 Å². The van der Waals surface area contributed by atoms with Gasteiger partial charge in [0, 0.05) is 18.1 Å².